The molecule has 282 valence electrons. The Morgan fingerprint density at radius 3 is 1.80 bits per heavy atom. The highest BCUT2D eigenvalue weighted by molar-refractivity contribution is 5.69. The highest BCUT2D eigenvalue weighted by atomic mass is 16.8. The number of hydrogen-bond acceptors (Lipinski definition) is 14. The molecule has 2 fully saturated rings. The number of fused-ring (bicyclic) bond motifs is 19. The molecule has 4 aliphatic heterocycles. The molecule has 0 spiro atoms. The predicted octanol–water partition coefficient (Wildman–Crippen LogP) is 2.46. The van der Waals surface area contributed by atoms with Gasteiger partial charge in [0.15, 0.2) is 18.7 Å². The van der Waals surface area contributed by atoms with Crippen molar-refractivity contribution < 1.29 is 68.0 Å². The largest absolute Gasteiger partial charge is 0.463 e. The lowest BCUT2D eigenvalue weighted by Crippen LogP contribution is -2.65. The molecule has 4 rings (SSSR count). The summed E-state index contributed by atoms with van der Waals surface area (Å²) < 4.78 is 39.2. The highest BCUT2D eigenvalue weighted by Gasteiger charge is 2.52. The predicted molar refractivity (Wildman–Crippen MR) is 178 cm³/mol. The summed E-state index contributed by atoms with van der Waals surface area (Å²) >= 11 is 0. The molecule has 14 heteroatoms. The lowest BCUT2D eigenvalue weighted by Gasteiger charge is -2.46. The Morgan fingerprint density at radius 1 is 0.640 bits per heavy atom. The van der Waals surface area contributed by atoms with Gasteiger partial charge in [0.25, 0.3) is 0 Å². The van der Waals surface area contributed by atoms with Gasteiger partial charge in [-0.25, -0.2) is 0 Å². The zero-order chi connectivity index (χ0) is 36.3. The molecule has 0 saturated carbocycles. The zero-order valence-corrected chi connectivity index (χ0v) is 29.0. The molecule has 14 nitrogen and oxygen atoms in total. The van der Waals surface area contributed by atoms with Crippen LogP contribution in [0.4, 0.5) is 0 Å². The van der Waals surface area contributed by atoms with Gasteiger partial charge in [-0.3, -0.25) is 14.4 Å². The van der Waals surface area contributed by atoms with Gasteiger partial charge in [0, 0.05) is 26.9 Å². The van der Waals surface area contributed by atoms with Crippen molar-refractivity contribution in [3.05, 3.63) is 48.6 Å². The molecule has 10 atom stereocenters. The number of rotatable bonds is 4. The summed E-state index contributed by atoms with van der Waals surface area (Å²) in [6.07, 6.45) is 8.43. The fourth-order valence-corrected chi connectivity index (χ4v) is 5.54. The maximum Gasteiger partial charge on any atom is 0.306 e. The van der Waals surface area contributed by atoms with E-state index in [1.165, 1.54) is 13.8 Å². The van der Waals surface area contributed by atoms with E-state index in [-0.39, 0.29) is 19.6 Å². The summed E-state index contributed by atoms with van der Waals surface area (Å²) in [6, 6.07) is 0. The number of aliphatic hydroxyl groups excluding tert-OH is 4. The first-order valence-electron chi connectivity index (χ1n) is 17.4. The van der Waals surface area contributed by atoms with Crippen LogP contribution in [0.3, 0.4) is 0 Å². The molecule has 0 aromatic rings. The highest BCUT2D eigenvalue weighted by Crippen LogP contribution is 2.31. The fourth-order valence-electron chi connectivity index (χ4n) is 5.54. The van der Waals surface area contributed by atoms with Crippen LogP contribution >= 0.6 is 0 Å². The van der Waals surface area contributed by atoms with Gasteiger partial charge in [-0.2, -0.15) is 0 Å². The first-order valence-corrected chi connectivity index (χ1v) is 17.4. The van der Waals surface area contributed by atoms with E-state index in [9.17, 15) is 34.8 Å². The second-order valence-corrected chi connectivity index (χ2v) is 12.4. The molecule has 2 bridgehead atoms. The van der Waals surface area contributed by atoms with E-state index < -0.39 is 85.9 Å². The molecule has 2 saturated heterocycles. The first kappa shape index (κ1) is 41.5. The van der Waals surface area contributed by atoms with Crippen molar-refractivity contribution in [2.45, 2.75) is 139 Å². The lowest BCUT2D eigenvalue weighted by atomic mass is 9.97. The first-order chi connectivity index (χ1) is 24.1. The Balaban J connectivity index is 1.78. The number of aliphatic hydroxyl groups is 4. The van der Waals surface area contributed by atoms with Gasteiger partial charge in [-0.1, -0.05) is 55.0 Å². The van der Waals surface area contributed by atoms with Crippen molar-refractivity contribution in [2.75, 3.05) is 19.8 Å². The van der Waals surface area contributed by atoms with Crippen molar-refractivity contribution in [3.8, 4) is 0 Å². The van der Waals surface area contributed by atoms with E-state index in [4.69, 9.17) is 33.2 Å². The molecule has 0 radical (unpaired) electrons. The standard InChI is InChI=1S/C36H54O14/c1-24(37)45-22-26-29(40)30(41)34-36(47-26)44-21-19-17-15-13-11-9-7-5-3-4-6-8-10-12-14-16-18-20-28(39)49-33-27(23-46-25(2)38)48-35(50-34)32(43)31(33)42/h3,5-6,8-9,11-12,14,26-27,29-36,40-43H,4,7,10,13,15-23H2,1-2H3/b5-3-,8-6-,11-9-,14-12-/t26-,27-,29-,30+,31-,32-,33-,34-,35+,36-/m1/s1. The van der Waals surface area contributed by atoms with Crippen LogP contribution in [0.15, 0.2) is 48.6 Å². The zero-order valence-electron chi connectivity index (χ0n) is 29.0. The molecule has 4 heterocycles. The van der Waals surface area contributed by atoms with Gasteiger partial charge in [-0.05, 0) is 51.4 Å². The van der Waals surface area contributed by atoms with E-state index in [0.717, 1.165) is 38.5 Å². The molecule has 0 aromatic heterocycles. The van der Waals surface area contributed by atoms with E-state index in [0.29, 0.717) is 19.3 Å². The number of carbonyl (C=O) groups excluding carboxylic acids is 3. The normalized spacial score (nSPS) is 37.0. The number of hydrogen-bond donors (Lipinski definition) is 4. The van der Waals surface area contributed by atoms with E-state index in [1.807, 2.05) is 12.2 Å². The third-order valence-electron chi connectivity index (χ3n) is 8.28. The molecule has 50 heavy (non-hydrogen) atoms. The maximum absolute atomic E-state index is 12.7. The second kappa shape index (κ2) is 22.8. The average molecular weight is 711 g/mol. The van der Waals surface area contributed by atoms with Gasteiger partial charge in [0.05, 0.1) is 0 Å². The summed E-state index contributed by atoms with van der Waals surface area (Å²) in [7, 11) is 0. The van der Waals surface area contributed by atoms with Crippen LogP contribution in [0.5, 0.6) is 0 Å². The number of allylic oxidation sites excluding steroid dienone is 8. The molecule has 4 N–H and O–H groups in total. The molecular weight excluding hydrogens is 656 g/mol. The molecule has 0 unspecified atom stereocenters. The van der Waals surface area contributed by atoms with Crippen molar-refractivity contribution in [1.82, 2.24) is 0 Å². The topological polar surface area (TPSA) is 197 Å². The van der Waals surface area contributed by atoms with Crippen LogP contribution in [0.1, 0.15) is 78.1 Å². The van der Waals surface area contributed by atoms with E-state index >= 15 is 0 Å². The van der Waals surface area contributed by atoms with Crippen LogP contribution in [0, 0.1) is 0 Å². The van der Waals surface area contributed by atoms with Gasteiger partial charge < -0.3 is 53.6 Å². The molecule has 0 aliphatic carbocycles. The van der Waals surface area contributed by atoms with Crippen LogP contribution in [-0.4, -0.2) is 120 Å². The number of ether oxygens (including phenoxy) is 7. The molecule has 4 aliphatic rings. The minimum atomic E-state index is -1.81. The van der Waals surface area contributed by atoms with Crippen molar-refractivity contribution >= 4 is 17.9 Å². The summed E-state index contributed by atoms with van der Waals surface area (Å²) in [5.74, 6) is -1.93. The third kappa shape index (κ3) is 14.3. The van der Waals surface area contributed by atoms with Gasteiger partial charge in [0.2, 0.25) is 0 Å². The van der Waals surface area contributed by atoms with Crippen molar-refractivity contribution in [1.29, 1.82) is 0 Å². The Bertz CT molecular complexity index is 1150. The number of esters is 3. The lowest BCUT2D eigenvalue weighted by molar-refractivity contribution is -0.367. The average Bonchev–Trinajstić information content (AvgIpc) is 3.08. The van der Waals surface area contributed by atoms with Crippen LogP contribution in [0.25, 0.3) is 0 Å². The van der Waals surface area contributed by atoms with Gasteiger partial charge in [0.1, 0.15) is 55.9 Å². The minimum Gasteiger partial charge on any atom is -0.463 e. The maximum atomic E-state index is 12.7. The second-order valence-electron chi connectivity index (χ2n) is 12.4. The quantitative estimate of drug-likeness (QED) is 0.189. The SMILES string of the molecule is CC(=O)OC[C@H]1O[C@H]2OCCCCC/C=C\C/C=C\C/C=C\C/C=C\CCCC(=O)O[C@H]3[C@H](O)[C@@H](O)[C@H](O[C@@H]2[C@@H](O)[C@@H]1O)O[C@@H]3COC(C)=O. The van der Waals surface area contributed by atoms with Crippen LogP contribution < -0.4 is 0 Å². The van der Waals surface area contributed by atoms with Gasteiger partial charge in [-0.15, -0.1) is 0 Å². The van der Waals surface area contributed by atoms with E-state index in [1.54, 1.807) is 0 Å². The molecular formula is C36H54O14. The van der Waals surface area contributed by atoms with Crippen LogP contribution in [-0.2, 0) is 47.5 Å². The smallest absolute Gasteiger partial charge is 0.306 e. The Kier molecular flexibility index (Phi) is 18.9. The van der Waals surface area contributed by atoms with Crippen molar-refractivity contribution in [2.24, 2.45) is 0 Å². The van der Waals surface area contributed by atoms with Crippen molar-refractivity contribution in [3.63, 3.8) is 0 Å². The number of carbonyl (C=O) groups is 3. The summed E-state index contributed by atoms with van der Waals surface area (Å²) in [5.41, 5.74) is 0. The Labute approximate surface area is 293 Å². The summed E-state index contributed by atoms with van der Waals surface area (Å²) in [6.45, 7) is 1.73. The molecule has 0 aromatic carbocycles. The van der Waals surface area contributed by atoms with E-state index in [2.05, 4.69) is 36.5 Å². The molecule has 0 amide bonds. The Hall–Kier alpha value is -2.95. The third-order valence-corrected chi connectivity index (χ3v) is 8.28. The fraction of sp³-hybridized carbons (Fsp3) is 0.694. The minimum absolute atomic E-state index is 0.0238. The van der Waals surface area contributed by atoms with Crippen LogP contribution in [0.2, 0.25) is 0 Å². The van der Waals surface area contributed by atoms with Gasteiger partial charge >= 0.3 is 17.9 Å². The Morgan fingerprint density at radius 2 is 1.18 bits per heavy atom. The monoisotopic (exact) mass is 710 g/mol. The summed E-state index contributed by atoms with van der Waals surface area (Å²) in [4.78, 5) is 35.8. The summed E-state index contributed by atoms with van der Waals surface area (Å²) in [5, 5.41) is 44.1.